The van der Waals surface area contributed by atoms with Crippen LogP contribution < -0.4 is 0 Å². The predicted octanol–water partition coefficient (Wildman–Crippen LogP) is 2.47. The van der Waals surface area contributed by atoms with E-state index >= 15 is 0 Å². The van der Waals surface area contributed by atoms with Crippen molar-refractivity contribution in [2.75, 3.05) is 0 Å². The minimum Gasteiger partial charge on any atom is -0.477 e. The number of halogens is 1. The zero-order valence-electron chi connectivity index (χ0n) is 9.86. The molecule has 0 radical (unpaired) electrons. The van der Waals surface area contributed by atoms with Crippen molar-refractivity contribution in [1.29, 1.82) is 0 Å². The molecule has 5 heteroatoms. The summed E-state index contributed by atoms with van der Waals surface area (Å²) in [5, 5.41) is 8.97. The maximum atomic E-state index is 13.5. The van der Waals surface area contributed by atoms with Gasteiger partial charge < -0.3 is 5.11 Å². The van der Waals surface area contributed by atoms with E-state index in [9.17, 15) is 9.18 Å². The lowest BCUT2D eigenvalue weighted by Gasteiger charge is -2.19. The average molecular weight is 236 g/mol. The van der Waals surface area contributed by atoms with E-state index in [2.05, 4.69) is 4.98 Å². The standard InChI is InChI=1S/C12H13FN2O2/c1-12(2,3)8-4-7(13)6-15-9(11(16)17)5-14-10(8)15/h4-6H,1-3H3,(H,16,17). The predicted molar refractivity (Wildman–Crippen MR) is 60.8 cm³/mol. The molecule has 0 fully saturated rings. The summed E-state index contributed by atoms with van der Waals surface area (Å²) >= 11 is 0. The molecule has 2 rings (SSSR count). The fourth-order valence-corrected chi connectivity index (χ4v) is 1.76. The molecule has 2 aromatic rings. The van der Waals surface area contributed by atoms with Crippen LogP contribution in [0.3, 0.4) is 0 Å². The minimum atomic E-state index is -1.12. The normalized spacial score (nSPS) is 12.0. The Hall–Kier alpha value is -1.91. The van der Waals surface area contributed by atoms with E-state index < -0.39 is 11.8 Å². The van der Waals surface area contributed by atoms with E-state index in [0.29, 0.717) is 11.2 Å². The van der Waals surface area contributed by atoms with Crippen molar-refractivity contribution in [3.8, 4) is 0 Å². The summed E-state index contributed by atoms with van der Waals surface area (Å²) in [5.41, 5.74) is 0.830. The van der Waals surface area contributed by atoms with Crippen LogP contribution in [0.15, 0.2) is 18.5 Å². The number of rotatable bonds is 1. The third-order valence-corrected chi connectivity index (χ3v) is 2.60. The van der Waals surface area contributed by atoms with E-state index in [0.717, 1.165) is 6.20 Å². The molecule has 0 bridgehead atoms. The van der Waals surface area contributed by atoms with Crippen LogP contribution in [0.25, 0.3) is 5.65 Å². The molecule has 0 amide bonds. The number of nitrogens with zero attached hydrogens (tertiary/aromatic N) is 2. The van der Waals surface area contributed by atoms with Gasteiger partial charge in [0.25, 0.3) is 0 Å². The Labute approximate surface area is 97.7 Å². The smallest absolute Gasteiger partial charge is 0.354 e. The summed E-state index contributed by atoms with van der Waals surface area (Å²) < 4.78 is 14.8. The Balaban J connectivity index is 2.84. The first kappa shape index (κ1) is 11.6. The second kappa shape index (κ2) is 3.55. The van der Waals surface area contributed by atoms with Crippen LogP contribution in [0.5, 0.6) is 0 Å². The van der Waals surface area contributed by atoms with Crippen molar-refractivity contribution in [3.63, 3.8) is 0 Å². The number of hydrogen-bond acceptors (Lipinski definition) is 2. The summed E-state index contributed by atoms with van der Waals surface area (Å²) in [4.78, 5) is 15.0. The van der Waals surface area contributed by atoms with Gasteiger partial charge in [-0.3, -0.25) is 4.40 Å². The van der Waals surface area contributed by atoms with Crippen molar-refractivity contribution < 1.29 is 14.3 Å². The highest BCUT2D eigenvalue weighted by atomic mass is 19.1. The number of fused-ring (bicyclic) bond motifs is 1. The van der Waals surface area contributed by atoms with E-state index in [-0.39, 0.29) is 11.1 Å². The third-order valence-electron chi connectivity index (χ3n) is 2.60. The zero-order valence-corrected chi connectivity index (χ0v) is 9.86. The Morgan fingerprint density at radius 3 is 2.65 bits per heavy atom. The molecule has 17 heavy (non-hydrogen) atoms. The van der Waals surface area contributed by atoms with Crippen LogP contribution in [0.1, 0.15) is 36.8 Å². The fraction of sp³-hybridized carbons (Fsp3) is 0.333. The molecule has 0 aliphatic carbocycles. The number of imidazole rings is 1. The summed E-state index contributed by atoms with van der Waals surface area (Å²) in [5.74, 6) is -1.59. The van der Waals surface area contributed by atoms with Crippen LogP contribution in [-0.2, 0) is 5.41 Å². The summed E-state index contributed by atoms with van der Waals surface area (Å²) in [6.45, 7) is 5.78. The second-order valence-corrected chi connectivity index (χ2v) is 4.96. The summed E-state index contributed by atoms with van der Waals surface area (Å²) in [6, 6.07) is 1.40. The van der Waals surface area contributed by atoms with Gasteiger partial charge in [0, 0.05) is 11.8 Å². The van der Waals surface area contributed by atoms with Crippen molar-refractivity contribution in [2.24, 2.45) is 0 Å². The zero-order chi connectivity index (χ0) is 12.8. The Kier molecular flexibility index (Phi) is 2.41. The highest BCUT2D eigenvalue weighted by molar-refractivity contribution is 5.86. The quantitative estimate of drug-likeness (QED) is 0.827. The first-order chi connectivity index (χ1) is 7.80. The van der Waals surface area contributed by atoms with Crippen LogP contribution in [0.4, 0.5) is 4.39 Å². The van der Waals surface area contributed by atoms with Gasteiger partial charge in [0.1, 0.15) is 11.5 Å². The maximum absolute atomic E-state index is 13.5. The first-order valence-corrected chi connectivity index (χ1v) is 5.21. The molecule has 2 aromatic heterocycles. The fourth-order valence-electron chi connectivity index (χ4n) is 1.76. The largest absolute Gasteiger partial charge is 0.477 e. The topological polar surface area (TPSA) is 54.6 Å². The van der Waals surface area contributed by atoms with Gasteiger partial charge >= 0.3 is 5.97 Å². The van der Waals surface area contributed by atoms with E-state index in [1.165, 1.54) is 16.7 Å². The Bertz CT molecular complexity index is 596. The highest BCUT2D eigenvalue weighted by Crippen LogP contribution is 2.27. The first-order valence-electron chi connectivity index (χ1n) is 5.21. The number of carbonyl (C=O) groups is 1. The average Bonchev–Trinajstić information content (AvgIpc) is 2.57. The van der Waals surface area contributed by atoms with Gasteiger partial charge in [-0.15, -0.1) is 0 Å². The number of carboxylic acid groups (broad SMARTS) is 1. The van der Waals surface area contributed by atoms with Crippen molar-refractivity contribution in [1.82, 2.24) is 9.38 Å². The molecule has 0 saturated heterocycles. The van der Waals surface area contributed by atoms with Crippen LogP contribution in [0.2, 0.25) is 0 Å². The van der Waals surface area contributed by atoms with Crippen molar-refractivity contribution in [2.45, 2.75) is 26.2 Å². The summed E-state index contributed by atoms with van der Waals surface area (Å²) in [6.07, 6.45) is 2.38. The number of carboxylic acids is 1. The van der Waals surface area contributed by atoms with Gasteiger partial charge in [-0.25, -0.2) is 14.2 Å². The monoisotopic (exact) mass is 236 g/mol. The lowest BCUT2D eigenvalue weighted by atomic mass is 9.88. The van der Waals surface area contributed by atoms with Crippen LogP contribution in [-0.4, -0.2) is 20.5 Å². The number of pyridine rings is 1. The highest BCUT2D eigenvalue weighted by Gasteiger charge is 2.22. The van der Waals surface area contributed by atoms with Gasteiger partial charge in [0.2, 0.25) is 0 Å². The molecule has 0 saturated carbocycles. The van der Waals surface area contributed by atoms with E-state index in [1.807, 2.05) is 20.8 Å². The number of aromatic nitrogens is 2. The second-order valence-electron chi connectivity index (χ2n) is 4.96. The SMILES string of the molecule is CC(C)(C)c1cc(F)cn2c(C(=O)O)cnc12. The molecule has 0 atom stereocenters. The van der Waals surface area contributed by atoms with E-state index in [4.69, 9.17) is 5.11 Å². The molecule has 2 heterocycles. The summed E-state index contributed by atoms with van der Waals surface area (Å²) in [7, 11) is 0. The molecular formula is C12H13FN2O2. The van der Waals surface area contributed by atoms with Gasteiger partial charge in [-0.1, -0.05) is 20.8 Å². The molecule has 1 N–H and O–H groups in total. The van der Waals surface area contributed by atoms with Crippen molar-refractivity contribution in [3.05, 3.63) is 35.5 Å². The lowest BCUT2D eigenvalue weighted by molar-refractivity contribution is 0.0689. The molecule has 0 aliphatic rings. The minimum absolute atomic E-state index is 0.0370. The van der Waals surface area contributed by atoms with Gasteiger partial charge in [-0.2, -0.15) is 0 Å². The number of aromatic carboxylic acids is 1. The molecule has 90 valence electrons. The van der Waals surface area contributed by atoms with Gasteiger partial charge in [0.05, 0.1) is 6.20 Å². The van der Waals surface area contributed by atoms with Gasteiger partial charge in [0.15, 0.2) is 5.69 Å². The van der Waals surface area contributed by atoms with Crippen LogP contribution in [0, 0.1) is 5.82 Å². The number of hydrogen-bond donors (Lipinski definition) is 1. The molecular weight excluding hydrogens is 223 g/mol. The Morgan fingerprint density at radius 2 is 2.12 bits per heavy atom. The molecule has 0 spiro atoms. The molecule has 4 nitrogen and oxygen atoms in total. The molecule has 0 aliphatic heterocycles. The maximum Gasteiger partial charge on any atom is 0.354 e. The molecule has 0 aromatic carbocycles. The van der Waals surface area contributed by atoms with Crippen LogP contribution >= 0.6 is 0 Å². The molecule has 0 unspecified atom stereocenters. The van der Waals surface area contributed by atoms with Crippen molar-refractivity contribution >= 4 is 11.6 Å². The van der Waals surface area contributed by atoms with Gasteiger partial charge in [-0.05, 0) is 11.5 Å². The third kappa shape index (κ3) is 1.88. The van der Waals surface area contributed by atoms with E-state index in [1.54, 1.807) is 0 Å². The Morgan fingerprint density at radius 1 is 1.47 bits per heavy atom. The lowest BCUT2D eigenvalue weighted by Crippen LogP contribution is -2.14.